The Hall–Kier alpha value is -1.92. The number of rotatable bonds is 4. The maximum atomic E-state index is 12.8. The summed E-state index contributed by atoms with van der Waals surface area (Å²) in [6.07, 6.45) is -3.96. The zero-order chi connectivity index (χ0) is 13.8. The summed E-state index contributed by atoms with van der Waals surface area (Å²) in [5.74, 6) is -0.651. The number of hydrogen-bond acceptors (Lipinski definition) is 3. The fourth-order valence-electron chi connectivity index (χ4n) is 1.31. The summed E-state index contributed by atoms with van der Waals surface area (Å²) < 4.78 is 43.4. The average Bonchev–Trinajstić information content (AvgIpc) is 2.34. The molecule has 0 aliphatic heterocycles. The minimum atomic E-state index is -4.56. The lowest BCUT2D eigenvalue weighted by Gasteiger charge is -2.14. The van der Waals surface area contributed by atoms with Gasteiger partial charge in [-0.1, -0.05) is 12.1 Å². The molecule has 0 saturated carbocycles. The second-order valence-electron chi connectivity index (χ2n) is 3.54. The molecule has 1 aromatic rings. The highest BCUT2D eigenvalue weighted by molar-refractivity contribution is 5.97. The Kier molecular flexibility index (Phi) is 4.41. The maximum absolute atomic E-state index is 12.8. The quantitative estimate of drug-likeness (QED) is 0.379. The molecule has 100 valence electrons. The summed E-state index contributed by atoms with van der Waals surface area (Å²) in [5.41, 5.74) is 4.28. The third-order valence-electron chi connectivity index (χ3n) is 2.15. The predicted octanol–water partition coefficient (Wildman–Crippen LogP) is 2.59. The number of benzene rings is 1. The molecule has 7 heteroatoms. The first-order valence-electron chi connectivity index (χ1n) is 5.22. The van der Waals surface area contributed by atoms with E-state index in [-0.39, 0.29) is 23.8 Å². The molecule has 0 bridgehead atoms. The van der Waals surface area contributed by atoms with Crippen LogP contribution in [-0.4, -0.2) is 17.6 Å². The summed E-state index contributed by atoms with van der Waals surface area (Å²) >= 11 is 0. The first kappa shape index (κ1) is 14.1. The van der Waals surface area contributed by atoms with Crippen molar-refractivity contribution in [1.29, 1.82) is 0 Å². The van der Waals surface area contributed by atoms with Crippen LogP contribution in [0.5, 0.6) is 5.75 Å². The molecule has 0 aromatic heterocycles. The van der Waals surface area contributed by atoms with Gasteiger partial charge in [-0.2, -0.15) is 13.2 Å². The van der Waals surface area contributed by atoms with Gasteiger partial charge >= 0.3 is 6.18 Å². The van der Waals surface area contributed by atoms with Crippen LogP contribution in [-0.2, 0) is 6.18 Å². The SMILES string of the molecule is CCCOc1ccc(/C(N)=N/O)cc1C(F)(F)F. The van der Waals surface area contributed by atoms with Gasteiger partial charge < -0.3 is 15.7 Å². The Morgan fingerprint density at radius 3 is 2.61 bits per heavy atom. The Balaban J connectivity index is 3.21. The van der Waals surface area contributed by atoms with Crippen molar-refractivity contribution in [3.8, 4) is 5.75 Å². The smallest absolute Gasteiger partial charge is 0.419 e. The number of oxime groups is 1. The van der Waals surface area contributed by atoms with Gasteiger partial charge in [0.2, 0.25) is 0 Å². The van der Waals surface area contributed by atoms with E-state index in [2.05, 4.69) is 5.16 Å². The number of alkyl halides is 3. The second kappa shape index (κ2) is 5.61. The second-order valence-corrected chi connectivity index (χ2v) is 3.54. The first-order chi connectivity index (χ1) is 8.40. The van der Waals surface area contributed by atoms with Gasteiger partial charge in [-0.3, -0.25) is 0 Å². The molecule has 3 N–H and O–H groups in total. The minimum Gasteiger partial charge on any atom is -0.493 e. The van der Waals surface area contributed by atoms with E-state index in [0.717, 1.165) is 12.1 Å². The van der Waals surface area contributed by atoms with Crippen molar-refractivity contribution in [2.24, 2.45) is 10.9 Å². The predicted molar refractivity (Wildman–Crippen MR) is 59.7 cm³/mol. The van der Waals surface area contributed by atoms with E-state index in [0.29, 0.717) is 6.42 Å². The monoisotopic (exact) mass is 262 g/mol. The molecular formula is C11H13F3N2O2. The van der Waals surface area contributed by atoms with Gasteiger partial charge in [0, 0.05) is 5.56 Å². The normalized spacial score (nSPS) is 12.6. The van der Waals surface area contributed by atoms with Crippen LogP contribution >= 0.6 is 0 Å². The highest BCUT2D eigenvalue weighted by Gasteiger charge is 2.34. The minimum absolute atomic E-state index is 0.0197. The van der Waals surface area contributed by atoms with E-state index in [9.17, 15) is 13.2 Å². The molecule has 4 nitrogen and oxygen atoms in total. The molecular weight excluding hydrogens is 249 g/mol. The van der Waals surface area contributed by atoms with Crippen LogP contribution < -0.4 is 10.5 Å². The van der Waals surface area contributed by atoms with Crippen LogP contribution in [0.25, 0.3) is 0 Å². The van der Waals surface area contributed by atoms with E-state index in [1.807, 2.05) is 0 Å². The largest absolute Gasteiger partial charge is 0.493 e. The van der Waals surface area contributed by atoms with Crippen molar-refractivity contribution in [2.75, 3.05) is 6.61 Å². The van der Waals surface area contributed by atoms with E-state index in [4.69, 9.17) is 15.7 Å². The molecule has 0 radical (unpaired) electrons. The van der Waals surface area contributed by atoms with Crippen LogP contribution in [0.15, 0.2) is 23.4 Å². The van der Waals surface area contributed by atoms with Crippen molar-refractivity contribution in [3.05, 3.63) is 29.3 Å². The van der Waals surface area contributed by atoms with Gasteiger partial charge in [0.05, 0.1) is 12.2 Å². The van der Waals surface area contributed by atoms with Crippen LogP contribution in [0.4, 0.5) is 13.2 Å². The molecule has 0 aliphatic carbocycles. The first-order valence-corrected chi connectivity index (χ1v) is 5.22. The summed E-state index contributed by atoms with van der Waals surface area (Å²) in [7, 11) is 0. The van der Waals surface area contributed by atoms with Crippen molar-refractivity contribution in [2.45, 2.75) is 19.5 Å². The zero-order valence-electron chi connectivity index (χ0n) is 9.66. The Morgan fingerprint density at radius 2 is 2.11 bits per heavy atom. The number of nitrogens with two attached hydrogens (primary N) is 1. The molecule has 0 amide bonds. The number of ether oxygens (including phenoxy) is 1. The molecule has 0 saturated heterocycles. The van der Waals surface area contributed by atoms with E-state index in [1.165, 1.54) is 6.07 Å². The van der Waals surface area contributed by atoms with E-state index >= 15 is 0 Å². The highest BCUT2D eigenvalue weighted by Crippen LogP contribution is 2.36. The molecule has 0 heterocycles. The van der Waals surface area contributed by atoms with Crippen LogP contribution in [0, 0.1) is 0 Å². The topological polar surface area (TPSA) is 67.8 Å². The Labute approximate surface area is 102 Å². The van der Waals surface area contributed by atoms with Crippen LogP contribution in [0.3, 0.4) is 0 Å². The number of amidine groups is 1. The summed E-state index contributed by atoms with van der Waals surface area (Å²) in [5, 5.41) is 11.1. The van der Waals surface area contributed by atoms with Crippen molar-refractivity contribution < 1.29 is 23.1 Å². The lowest BCUT2D eigenvalue weighted by atomic mass is 10.1. The lowest BCUT2D eigenvalue weighted by Crippen LogP contribution is -2.16. The fraction of sp³-hybridized carbons (Fsp3) is 0.364. The van der Waals surface area contributed by atoms with Crippen LogP contribution in [0.1, 0.15) is 24.5 Å². The Bertz CT molecular complexity index is 444. The van der Waals surface area contributed by atoms with E-state index < -0.39 is 11.7 Å². The van der Waals surface area contributed by atoms with Crippen LogP contribution in [0.2, 0.25) is 0 Å². The fourth-order valence-corrected chi connectivity index (χ4v) is 1.31. The number of hydrogen-bond donors (Lipinski definition) is 2. The third-order valence-corrected chi connectivity index (χ3v) is 2.15. The molecule has 0 unspecified atom stereocenters. The molecule has 18 heavy (non-hydrogen) atoms. The maximum Gasteiger partial charge on any atom is 0.419 e. The third kappa shape index (κ3) is 3.28. The molecule has 0 atom stereocenters. The van der Waals surface area contributed by atoms with Gasteiger partial charge in [0.1, 0.15) is 5.75 Å². The van der Waals surface area contributed by atoms with Crippen molar-refractivity contribution in [3.63, 3.8) is 0 Å². The van der Waals surface area contributed by atoms with Gasteiger partial charge in [0.15, 0.2) is 5.84 Å². The lowest BCUT2D eigenvalue weighted by molar-refractivity contribution is -0.138. The summed E-state index contributed by atoms with van der Waals surface area (Å²) in [6, 6.07) is 3.25. The molecule has 1 rings (SSSR count). The number of nitrogens with zero attached hydrogens (tertiary/aromatic N) is 1. The van der Waals surface area contributed by atoms with Gasteiger partial charge in [0.25, 0.3) is 0 Å². The van der Waals surface area contributed by atoms with E-state index in [1.54, 1.807) is 6.92 Å². The van der Waals surface area contributed by atoms with Gasteiger partial charge in [-0.25, -0.2) is 0 Å². The number of halogens is 3. The standard InChI is InChI=1S/C11H13F3N2O2/c1-2-5-18-9-4-3-7(10(15)16-17)6-8(9)11(12,13)14/h3-4,6,17H,2,5H2,1H3,(H2,15,16). The van der Waals surface area contributed by atoms with Crippen molar-refractivity contribution >= 4 is 5.84 Å². The Morgan fingerprint density at radius 1 is 1.44 bits per heavy atom. The molecule has 1 aromatic carbocycles. The summed E-state index contributed by atoms with van der Waals surface area (Å²) in [6.45, 7) is 1.98. The molecule has 0 aliphatic rings. The molecule has 0 spiro atoms. The zero-order valence-corrected chi connectivity index (χ0v) is 9.66. The molecule has 0 fully saturated rings. The highest BCUT2D eigenvalue weighted by atomic mass is 19.4. The van der Waals surface area contributed by atoms with Gasteiger partial charge in [-0.05, 0) is 24.6 Å². The summed E-state index contributed by atoms with van der Waals surface area (Å²) in [4.78, 5) is 0. The van der Waals surface area contributed by atoms with Gasteiger partial charge in [-0.15, -0.1) is 0 Å². The average molecular weight is 262 g/mol. The van der Waals surface area contributed by atoms with Crippen molar-refractivity contribution in [1.82, 2.24) is 0 Å².